The molecule has 0 radical (unpaired) electrons. The third kappa shape index (κ3) is 21.1. The van der Waals surface area contributed by atoms with Crippen molar-refractivity contribution in [1.29, 1.82) is 0 Å². The number of benzene rings is 1. The van der Waals surface area contributed by atoms with Gasteiger partial charge in [0.1, 0.15) is 79.4 Å². The molecule has 1 aromatic rings. The monoisotopic (exact) mass is 1130 g/mol. The van der Waals surface area contributed by atoms with Gasteiger partial charge in [-0.15, -0.1) is 0 Å². The third-order valence-corrected chi connectivity index (χ3v) is 14.8. The number of amides is 1. The first-order valence-corrected chi connectivity index (χ1v) is 28.6. The van der Waals surface area contributed by atoms with Gasteiger partial charge in [-0.3, -0.25) is 4.79 Å². The lowest BCUT2D eigenvalue weighted by atomic mass is 9.90. The van der Waals surface area contributed by atoms with Crippen LogP contribution in [0.4, 0.5) is 0 Å². The average Bonchev–Trinajstić information content (AvgIpc) is 3.49. The first-order chi connectivity index (χ1) is 38.0. The predicted octanol–water partition coefficient (Wildman–Crippen LogP) is 1.77. The predicted molar refractivity (Wildman–Crippen MR) is 283 cm³/mol. The maximum absolute atomic E-state index is 13.7. The lowest BCUT2D eigenvalue weighted by Gasteiger charge is -2.50. The van der Waals surface area contributed by atoms with Gasteiger partial charge in [0.05, 0.1) is 44.1 Å². The van der Waals surface area contributed by atoms with Crippen LogP contribution in [-0.4, -0.2) is 215 Å². The van der Waals surface area contributed by atoms with Crippen molar-refractivity contribution in [2.45, 2.75) is 259 Å². The van der Waals surface area contributed by atoms with Gasteiger partial charge < -0.3 is 99.8 Å². The molecule has 13 N–H and O–H groups in total. The van der Waals surface area contributed by atoms with E-state index >= 15 is 0 Å². The normalized spacial score (nSPS) is 30.9. The summed E-state index contributed by atoms with van der Waals surface area (Å²) in [6, 6.07) is 7.19. The van der Waals surface area contributed by atoms with E-state index in [1.54, 1.807) is 36.4 Å². The number of carbonyl (C=O) groups is 3. The molecule has 0 saturated carbocycles. The van der Waals surface area contributed by atoms with Crippen molar-refractivity contribution in [3.05, 3.63) is 48.0 Å². The van der Waals surface area contributed by atoms with Crippen molar-refractivity contribution in [3.8, 4) is 0 Å². The number of rotatable bonds is 38. The summed E-state index contributed by atoms with van der Waals surface area (Å²) in [4.78, 5) is 40.1. The number of unbranched alkanes of at least 4 members (excludes halogenated alkanes) is 17. The van der Waals surface area contributed by atoms with E-state index in [1.165, 1.54) is 44.9 Å². The number of aliphatic hydroxyl groups is 11. The highest BCUT2D eigenvalue weighted by atomic mass is 16.8. The number of nitrogens with one attached hydrogen (secondary N) is 1. The van der Waals surface area contributed by atoms with Crippen molar-refractivity contribution >= 4 is 17.8 Å². The Labute approximate surface area is 463 Å². The summed E-state index contributed by atoms with van der Waals surface area (Å²) in [5, 5.41) is 131. The number of carboxylic acids is 1. The molecule has 1 aromatic carbocycles. The fraction of sp³-hybridized carbons (Fsp3) is 0.804. The third-order valence-electron chi connectivity index (χ3n) is 14.8. The molecule has 0 spiro atoms. The van der Waals surface area contributed by atoms with Crippen LogP contribution in [0.25, 0.3) is 0 Å². The van der Waals surface area contributed by atoms with E-state index in [1.807, 2.05) is 6.08 Å². The summed E-state index contributed by atoms with van der Waals surface area (Å²) in [5.74, 6) is -6.14. The van der Waals surface area contributed by atoms with Gasteiger partial charge in [-0.05, 0) is 37.5 Å². The second kappa shape index (κ2) is 36.3. The molecule has 3 heterocycles. The van der Waals surface area contributed by atoms with E-state index in [2.05, 4.69) is 19.2 Å². The molecule has 454 valence electrons. The number of ether oxygens (including phenoxy) is 7. The zero-order valence-electron chi connectivity index (χ0n) is 46.0. The van der Waals surface area contributed by atoms with E-state index < -0.39 is 155 Å². The molecule has 0 aliphatic carbocycles. The number of carboxylic acid groups (broad SMARTS) is 1. The Hall–Kier alpha value is -3.31. The Balaban J connectivity index is 1.52. The number of hydrogen-bond acceptors (Lipinski definition) is 21. The molecule has 3 aliphatic heterocycles. The van der Waals surface area contributed by atoms with Gasteiger partial charge in [0.15, 0.2) is 12.6 Å². The van der Waals surface area contributed by atoms with Crippen molar-refractivity contribution in [1.82, 2.24) is 5.32 Å². The van der Waals surface area contributed by atoms with Crippen molar-refractivity contribution in [2.24, 2.45) is 0 Å². The standard InChI is InChI=1S/C56H93NO22/c1-3-5-7-9-11-12-13-14-15-16-18-19-24-28-39(74-52(70)35-26-22-21-23-27-35)36(57-42(63)29-25-20-17-10-8-6-4-2)34-73-53-47(68)46(67)49(41(33-60)76-53)77-54-48(69)51(45(66)40(32-59)75-54)79-56(55(71)72)30-37(61)43(64)50(78-56)44(65)38(62)31-58/h21-24,26-28,36-41,43-51,53-54,58-62,64-69H,3-20,25,29-34H2,1-2H3,(H,57,63)(H,71,72)/b28-24+/t36-,37-,38+,39+,40+,41+,43+,44+,45-,46+,47+,48+,49+,50-,51-,53+,54+,56-/m0/s1. The van der Waals surface area contributed by atoms with Crippen LogP contribution in [0.2, 0.25) is 0 Å². The highest BCUT2D eigenvalue weighted by Gasteiger charge is 2.60. The van der Waals surface area contributed by atoms with Crippen LogP contribution in [0.1, 0.15) is 159 Å². The summed E-state index contributed by atoms with van der Waals surface area (Å²) in [5.41, 5.74) is 0.252. The van der Waals surface area contributed by atoms with Crippen molar-refractivity contribution in [2.75, 3.05) is 26.4 Å². The smallest absolute Gasteiger partial charge is 0.364 e. The van der Waals surface area contributed by atoms with Crippen LogP contribution in [-0.2, 0) is 42.7 Å². The summed E-state index contributed by atoms with van der Waals surface area (Å²) in [7, 11) is 0. The summed E-state index contributed by atoms with van der Waals surface area (Å²) < 4.78 is 40.6. The minimum atomic E-state index is -3.10. The highest BCUT2D eigenvalue weighted by Crippen LogP contribution is 2.38. The maximum atomic E-state index is 13.7. The molecular formula is C56H93NO22. The highest BCUT2D eigenvalue weighted by molar-refractivity contribution is 5.89. The average molecular weight is 1130 g/mol. The molecule has 1 amide bonds. The summed E-state index contributed by atoms with van der Waals surface area (Å²) >= 11 is 0. The van der Waals surface area contributed by atoms with Gasteiger partial charge in [-0.2, -0.15) is 0 Å². The van der Waals surface area contributed by atoms with Crippen LogP contribution in [0.15, 0.2) is 42.5 Å². The van der Waals surface area contributed by atoms with Crippen molar-refractivity contribution in [3.63, 3.8) is 0 Å². The Morgan fingerprint density at radius 2 is 1.27 bits per heavy atom. The van der Waals surface area contributed by atoms with Crippen molar-refractivity contribution < 1.29 is 109 Å². The number of esters is 1. The molecule has 23 nitrogen and oxygen atoms in total. The zero-order valence-corrected chi connectivity index (χ0v) is 46.0. The lowest BCUT2D eigenvalue weighted by Crippen LogP contribution is -2.69. The summed E-state index contributed by atoms with van der Waals surface area (Å²) in [6.07, 6.45) is -8.11. The second-order valence-corrected chi connectivity index (χ2v) is 21.1. The van der Waals surface area contributed by atoms with Crippen LogP contribution < -0.4 is 5.32 Å². The first-order valence-electron chi connectivity index (χ1n) is 28.6. The Bertz CT molecular complexity index is 1880. The number of aliphatic carboxylic acids is 1. The second-order valence-electron chi connectivity index (χ2n) is 21.1. The zero-order chi connectivity index (χ0) is 57.9. The molecule has 0 unspecified atom stereocenters. The van der Waals surface area contributed by atoms with E-state index in [0.717, 1.165) is 64.2 Å². The minimum absolute atomic E-state index is 0.155. The van der Waals surface area contributed by atoms with Crippen LogP contribution in [0.3, 0.4) is 0 Å². The number of carbonyl (C=O) groups excluding carboxylic acids is 2. The topological polar surface area (TPSA) is 371 Å². The molecule has 79 heavy (non-hydrogen) atoms. The van der Waals surface area contributed by atoms with Gasteiger partial charge >= 0.3 is 11.9 Å². The summed E-state index contributed by atoms with van der Waals surface area (Å²) in [6.45, 7) is 0.855. The van der Waals surface area contributed by atoms with E-state index in [4.69, 9.17) is 33.2 Å². The van der Waals surface area contributed by atoms with Crippen LogP contribution >= 0.6 is 0 Å². The molecule has 3 aliphatic rings. The fourth-order valence-corrected chi connectivity index (χ4v) is 9.97. The van der Waals surface area contributed by atoms with Gasteiger partial charge in [0.25, 0.3) is 5.79 Å². The number of hydrogen-bond donors (Lipinski definition) is 13. The van der Waals surface area contributed by atoms with Crippen LogP contribution in [0.5, 0.6) is 0 Å². The Morgan fingerprint density at radius 3 is 1.84 bits per heavy atom. The molecule has 3 saturated heterocycles. The molecule has 0 bridgehead atoms. The lowest BCUT2D eigenvalue weighted by molar-refractivity contribution is -0.390. The van der Waals surface area contributed by atoms with E-state index in [-0.39, 0.29) is 17.9 Å². The first kappa shape index (κ1) is 68.2. The van der Waals surface area contributed by atoms with Gasteiger partial charge in [-0.25, -0.2) is 9.59 Å². The molecule has 18 atom stereocenters. The molecule has 0 aromatic heterocycles. The Kier molecular flexibility index (Phi) is 31.3. The SMILES string of the molecule is CCCCCCCCCCCCC/C=C/[C@@H](OC(=O)c1ccccc1)[C@H](CO[C@@H]1O[C@H](CO)[C@@H](O[C@H]2O[C@H](CO)[C@H](O)[C@H](O[C@]3(C(=O)O)C[C@H](O)[C@@H](O)[C@@H]([C@H](O)[C@H](O)CO)O3)[C@H]2O)[C@H](O)[C@H]1O)NC(=O)CCCCCCCCC. The minimum Gasteiger partial charge on any atom is -0.477 e. The Morgan fingerprint density at radius 1 is 0.696 bits per heavy atom. The molecular weight excluding hydrogens is 1040 g/mol. The fourth-order valence-electron chi connectivity index (χ4n) is 9.97. The van der Waals surface area contributed by atoms with Gasteiger partial charge in [-0.1, -0.05) is 141 Å². The largest absolute Gasteiger partial charge is 0.477 e. The molecule has 3 fully saturated rings. The van der Waals surface area contributed by atoms with E-state index in [0.29, 0.717) is 12.8 Å². The quantitative estimate of drug-likeness (QED) is 0.0255. The van der Waals surface area contributed by atoms with E-state index in [9.17, 15) is 75.7 Å². The molecule has 23 heteroatoms. The van der Waals surface area contributed by atoms with Gasteiger partial charge in [0, 0.05) is 12.8 Å². The van der Waals surface area contributed by atoms with Gasteiger partial charge in [0.2, 0.25) is 5.91 Å². The number of aliphatic hydroxyl groups excluding tert-OH is 11. The molecule has 4 rings (SSSR count). The van der Waals surface area contributed by atoms with Crippen LogP contribution in [0, 0.1) is 0 Å². The maximum Gasteiger partial charge on any atom is 0.364 e. The number of allylic oxidation sites excluding steroid dienone is 1.